The Bertz CT molecular complexity index is 883. The zero-order valence-corrected chi connectivity index (χ0v) is 14.9. The quantitative estimate of drug-likeness (QED) is 0.876. The van der Waals surface area contributed by atoms with Crippen molar-refractivity contribution in [2.45, 2.75) is 12.8 Å². The molecule has 134 valence electrons. The first kappa shape index (κ1) is 17.1. The van der Waals surface area contributed by atoms with Gasteiger partial charge in [0.15, 0.2) is 0 Å². The standard InChI is InChI=1S/C19H18FN3O2S/c20-13-5-3-12(4-6-13)19-22-16-15(24)11-14(17(25)18(16)26-19)21-7-10-23-8-1-2-9-23/h3-6,11,21H,1-2,7-10H2. The summed E-state index contributed by atoms with van der Waals surface area (Å²) >= 11 is 1.17. The van der Waals surface area contributed by atoms with Crippen molar-refractivity contribution in [3.8, 4) is 10.6 Å². The van der Waals surface area contributed by atoms with Gasteiger partial charge in [-0.2, -0.15) is 0 Å². The Balaban J connectivity index is 1.50. The van der Waals surface area contributed by atoms with Crippen molar-refractivity contribution < 1.29 is 14.0 Å². The fraction of sp³-hybridized carbons (Fsp3) is 0.316. The number of thiazole rings is 1. The summed E-state index contributed by atoms with van der Waals surface area (Å²) in [5.74, 6) is -0.812. The second-order valence-electron chi connectivity index (χ2n) is 6.43. The van der Waals surface area contributed by atoms with Crippen LogP contribution in [-0.2, 0) is 0 Å². The van der Waals surface area contributed by atoms with E-state index < -0.39 is 0 Å². The number of halogens is 1. The van der Waals surface area contributed by atoms with E-state index >= 15 is 0 Å². The first-order valence-electron chi connectivity index (χ1n) is 8.65. The first-order chi connectivity index (χ1) is 12.6. The molecule has 0 radical (unpaired) electrons. The number of ketones is 2. The molecule has 2 aliphatic rings. The Morgan fingerprint density at radius 3 is 2.62 bits per heavy atom. The molecule has 0 saturated carbocycles. The smallest absolute Gasteiger partial charge is 0.221 e. The van der Waals surface area contributed by atoms with Crippen molar-refractivity contribution >= 4 is 22.9 Å². The number of benzene rings is 1. The number of aromatic nitrogens is 1. The topological polar surface area (TPSA) is 62.3 Å². The van der Waals surface area contributed by atoms with E-state index in [1.54, 1.807) is 12.1 Å². The average molecular weight is 371 g/mol. The minimum absolute atomic E-state index is 0.185. The van der Waals surface area contributed by atoms with Crippen LogP contribution >= 0.6 is 11.3 Å². The van der Waals surface area contributed by atoms with E-state index in [4.69, 9.17) is 0 Å². The number of nitrogens with zero attached hydrogens (tertiary/aromatic N) is 2. The van der Waals surface area contributed by atoms with E-state index in [0.717, 1.165) is 19.6 Å². The number of hydrogen-bond donors (Lipinski definition) is 1. The lowest BCUT2D eigenvalue weighted by atomic mass is 10.0. The molecule has 0 atom stereocenters. The average Bonchev–Trinajstić information content (AvgIpc) is 3.30. The molecule has 1 fully saturated rings. The van der Waals surface area contributed by atoms with Crippen LogP contribution in [0.4, 0.5) is 4.39 Å². The van der Waals surface area contributed by atoms with Gasteiger partial charge in [-0.3, -0.25) is 9.59 Å². The highest BCUT2D eigenvalue weighted by Gasteiger charge is 2.30. The molecule has 0 bridgehead atoms. The summed E-state index contributed by atoms with van der Waals surface area (Å²) in [4.78, 5) is 32.1. The van der Waals surface area contributed by atoms with Gasteiger partial charge in [0.1, 0.15) is 21.4 Å². The van der Waals surface area contributed by atoms with Crippen LogP contribution in [0.25, 0.3) is 10.6 Å². The minimum Gasteiger partial charge on any atom is -0.380 e. The molecular weight excluding hydrogens is 353 g/mol. The van der Waals surface area contributed by atoms with E-state index in [0.29, 0.717) is 27.7 Å². The second kappa shape index (κ2) is 7.09. The molecule has 5 nitrogen and oxygen atoms in total. The normalized spacial score (nSPS) is 17.3. The lowest BCUT2D eigenvalue weighted by Crippen LogP contribution is -2.33. The molecule has 2 aromatic rings. The van der Waals surface area contributed by atoms with Gasteiger partial charge in [0.2, 0.25) is 11.6 Å². The molecule has 4 rings (SSSR count). The number of likely N-dealkylation sites (tertiary alicyclic amines) is 1. The second-order valence-corrected chi connectivity index (χ2v) is 7.43. The van der Waals surface area contributed by atoms with E-state index in [9.17, 15) is 14.0 Å². The number of rotatable bonds is 5. The van der Waals surface area contributed by atoms with Gasteiger partial charge in [-0.05, 0) is 50.2 Å². The fourth-order valence-corrected chi connectivity index (χ4v) is 4.26. The number of hydrogen-bond acceptors (Lipinski definition) is 6. The number of allylic oxidation sites excluding steroid dienone is 2. The molecule has 1 aliphatic carbocycles. The maximum atomic E-state index is 13.1. The van der Waals surface area contributed by atoms with Crippen LogP contribution in [0.5, 0.6) is 0 Å². The van der Waals surface area contributed by atoms with Crippen molar-refractivity contribution in [1.82, 2.24) is 15.2 Å². The molecule has 0 unspecified atom stereocenters. The van der Waals surface area contributed by atoms with Crippen molar-refractivity contribution in [2.24, 2.45) is 0 Å². The molecule has 26 heavy (non-hydrogen) atoms. The molecule has 0 spiro atoms. The van der Waals surface area contributed by atoms with Gasteiger partial charge in [0.05, 0.1) is 5.70 Å². The number of carbonyl (C=O) groups is 2. The molecule has 0 amide bonds. The molecule has 2 heterocycles. The van der Waals surface area contributed by atoms with Crippen LogP contribution in [0.3, 0.4) is 0 Å². The van der Waals surface area contributed by atoms with Gasteiger partial charge in [0, 0.05) is 24.7 Å². The summed E-state index contributed by atoms with van der Waals surface area (Å²) < 4.78 is 13.1. The van der Waals surface area contributed by atoms with Crippen LogP contribution in [-0.4, -0.2) is 47.6 Å². The largest absolute Gasteiger partial charge is 0.380 e. The van der Waals surface area contributed by atoms with Crippen molar-refractivity contribution in [3.63, 3.8) is 0 Å². The highest BCUT2D eigenvalue weighted by atomic mass is 32.1. The zero-order valence-electron chi connectivity index (χ0n) is 14.1. The molecule has 1 aromatic heterocycles. The molecule has 1 N–H and O–H groups in total. The van der Waals surface area contributed by atoms with E-state index in [1.165, 1.54) is 42.4 Å². The third-order valence-corrected chi connectivity index (χ3v) is 5.72. The van der Waals surface area contributed by atoms with Crippen molar-refractivity contribution in [2.75, 3.05) is 26.2 Å². The Labute approximate surface area is 154 Å². The van der Waals surface area contributed by atoms with E-state index in [1.807, 2.05) is 0 Å². The number of Topliss-reactive ketones (excluding diaryl/α,β-unsaturated/α-hetero) is 1. The zero-order chi connectivity index (χ0) is 18.1. The summed E-state index contributed by atoms with van der Waals surface area (Å²) in [7, 11) is 0. The molecule has 1 aliphatic heterocycles. The molecule has 1 aromatic carbocycles. The summed E-state index contributed by atoms with van der Waals surface area (Å²) in [5.41, 5.74) is 1.20. The predicted octanol–water partition coefficient (Wildman–Crippen LogP) is 2.90. The number of fused-ring (bicyclic) bond motifs is 1. The van der Waals surface area contributed by atoms with E-state index in [2.05, 4.69) is 15.2 Å². The number of carbonyl (C=O) groups excluding carboxylic acids is 2. The Morgan fingerprint density at radius 2 is 1.88 bits per heavy atom. The SMILES string of the molecule is O=C1C=C(NCCN2CCCC2)C(=O)c2sc(-c3ccc(F)cc3)nc21. The predicted molar refractivity (Wildman–Crippen MR) is 97.9 cm³/mol. The Hall–Kier alpha value is -2.38. The number of nitrogens with one attached hydrogen (secondary N) is 1. The van der Waals surface area contributed by atoms with Crippen LogP contribution in [0.2, 0.25) is 0 Å². The van der Waals surface area contributed by atoms with Crippen LogP contribution in [0.1, 0.15) is 33.0 Å². The maximum Gasteiger partial charge on any atom is 0.221 e. The van der Waals surface area contributed by atoms with Crippen molar-refractivity contribution in [3.05, 3.63) is 52.4 Å². The summed E-state index contributed by atoms with van der Waals surface area (Å²) in [6.07, 6.45) is 3.77. The Kier molecular flexibility index (Phi) is 4.65. The minimum atomic E-state index is -0.339. The van der Waals surface area contributed by atoms with Gasteiger partial charge < -0.3 is 10.2 Å². The third-order valence-electron chi connectivity index (χ3n) is 4.62. The van der Waals surface area contributed by atoms with Gasteiger partial charge in [-0.15, -0.1) is 11.3 Å². The summed E-state index contributed by atoms with van der Waals surface area (Å²) in [6, 6.07) is 5.86. The van der Waals surface area contributed by atoms with Gasteiger partial charge in [-0.25, -0.2) is 9.37 Å². The maximum absolute atomic E-state index is 13.1. The molecule has 7 heteroatoms. The lowest BCUT2D eigenvalue weighted by Gasteiger charge is -2.17. The highest BCUT2D eigenvalue weighted by molar-refractivity contribution is 7.17. The molecule has 1 saturated heterocycles. The Morgan fingerprint density at radius 1 is 1.15 bits per heavy atom. The lowest BCUT2D eigenvalue weighted by molar-refractivity contribution is 0.0978. The van der Waals surface area contributed by atoms with Crippen LogP contribution in [0.15, 0.2) is 36.0 Å². The van der Waals surface area contributed by atoms with Crippen LogP contribution in [0, 0.1) is 5.82 Å². The first-order valence-corrected chi connectivity index (χ1v) is 9.47. The van der Waals surface area contributed by atoms with Gasteiger partial charge in [0.25, 0.3) is 0 Å². The van der Waals surface area contributed by atoms with Crippen molar-refractivity contribution in [1.29, 1.82) is 0 Å². The summed E-state index contributed by atoms with van der Waals surface area (Å²) in [6.45, 7) is 3.67. The van der Waals surface area contributed by atoms with Crippen LogP contribution < -0.4 is 5.32 Å². The third kappa shape index (κ3) is 3.32. The highest BCUT2D eigenvalue weighted by Crippen LogP contribution is 2.32. The molecular formula is C19H18FN3O2S. The van der Waals surface area contributed by atoms with Gasteiger partial charge in [-0.1, -0.05) is 0 Å². The summed E-state index contributed by atoms with van der Waals surface area (Å²) in [5, 5.41) is 3.65. The monoisotopic (exact) mass is 371 g/mol. The fourth-order valence-electron chi connectivity index (χ4n) is 3.23. The van der Waals surface area contributed by atoms with E-state index in [-0.39, 0.29) is 23.1 Å². The van der Waals surface area contributed by atoms with Gasteiger partial charge >= 0.3 is 0 Å².